The number of nitrogens with one attached hydrogen (secondary N) is 2. The monoisotopic (exact) mass is 449 g/mol. The van der Waals surface area contributed by atoms with E-state index in [1.807, 2.05) is 6.92 Å². The Morgan fingerprint density at radius 2 is 2.00 bits per heavy atom. The van der Waals surface area contributed by atoms with Crippen molar-refractivity contribution < 1.29 is 27.6 Å². The average molecular weight is 449 g/mol. The fourth-order valence-electron chi connectivity index (χ4n) is 3.23. The summed E-state index contributed by atoms with van der Waals surface area (Å²) in [5.41, 5.74) is 0.0548. The summed E-state index contributed by atoms with van der Waals surface area (Å²) in [4.78, 5) is 44.1. The van der Waals surface area contributed by atoms with Gasteiger partial charge in [-0.15, -0.1) is 0 Å². The zero-order valence-corrected chi connectivity index (χ0v) is 17.7. The van der Waals surface area contributed by atoms with Crippen molar-refractivity contribution in [2.24, 2.45) is 0 Å². The van der Waals surface area contributed by atoms with Crippen LogP contribution in [-0.2, 0) is 20.6 Å². The van der Waals surface area contributed by atoms with E-state index in [4.69, 9.17) is 0 Å². The third-order valence-corrected chi connectivity index (χ3v) is 5.05. The molecule has 2 heterocycles. The summed E-state index contributed by atoms with van der Waals surface area (Å²) in [5.74, 6) is -1.14. The number of pyridine rings is 1. The van der Waals surface area contributed by atoms with Crippen molar-refractivity contribution in [2.45, 2.75) is 26.1 Å². The smallest absolute Gasteiger partial charge is 0.323 e. The van der Waals surface area contributed by atoms with Crippen molar-refractivity contribution in [3.63, 3.8) is 0 Å². The molecule has 3 rings (SSSR count). The molecule has 170 valence electrons. The van der Waals surface area contributed by atoms with Gasteiger partial charge in [-0.25, -0.2) is 4.98 Å². The second-order valence-electron chi connectivity index (χ2n) is 7.56. The Hall–Kier alpha value is -3.47. The van der Waals surface area contributed by atoms with Gasteiger partial charge in [0, 0.05) is 6.20 Å². The Morgan fingerprint density at radius 3 is 2.66 bits per heavy atom. The largest absolute Gasteiger partial charge is 0.416 e. The molecule has 8 nitrogen and oxygen atoms in total. The normalized spacial score (nSPS) is 14.6. The lowest BCUT2D eigenvalue weighted by molar-refractivity contribution is -0.137. The Bertz CT molecular complexity index is 1060. The molecule has 1 aliphatic rings. The van der Waals surface area contributed by atoms with Crippen LogP contribution >= 0.6 is 0 Å². The fourth-order valence-corrected chi connectivity index (χ4v) is 3.23. The van der Waals surface area contributed by atoms with Crippen molar-refractivity contribution in [1.29, 1.82) is 0 Å². The van der Waals surface area contributed by atoms with Crippen LogP contribution in [0.5, 0.6) is 0 Å². The van der Waals surface area contributed by atoms with E-state index < -0.39 is 35.5 Å². The highest BCUT2D eigenvalue weighted by atomic mass is 19.4. The topological polar surface area (TPSA) is 94.6 Å². The number of amides is 3. The Labute approximate surface area is 182 Å². The first-order valence-corrected chi connectivity index (χ1v) is 9.71. The van der Waals surface area contributed by atoms with Crippen LogP contribution < -0.4 is 15.5 Å². The van der Waals surface area contributed by atoms with Crippen molar-refractivity contribution >= 4 is 34.9 Å². The number of carbonyl (C=O) groups excluding carboxylic acids is 3. The van der Waals surface area contributed by atoms with Gasteiger partial charge in [0.05, 0.1) is 29.5 Å². The lowest BCUT2D eigenvalue weighted by Gasteiger charge is -2.34. The number of nitrogens with zero attached hydrogens (tertiary/aromatic N) is 3. The predicted molar refractivity (Wildman–Crippen MR) is 112 cm³/mol. The van der Waals surface area contributed by atoms with E-state index in [1.54, 1.807) is 32.3 Å². The van der Waals surface area contributed by atoms with E-state index in [9.17, 15) is 27.6 Å². The summed E-state index contributed by atoms with van der Waals surface area (Å²) in [6.45, 7) is 2.93. The first-order valence-electron chi connectivity index (χ1n) is 9.71. The first kappa shape index (κ1) is 23.2. The molecule has 2 aromatic rings. The SMILES string of the molecule is Cc1ccnc(NC(=O)CN(C)C(C)C(=O)N2CC(=O)Nc3cc(C(F)(F)F)ccc32)c1. The van der Waals surface area contributed by atoms with Gasteiger partial charge in [0.15, 0.2) is 0 Å². The number of hydrogen-bond acceptors (Lipinski definition) is 5. The number of carbonyl (C=O) groups is 3. The Kier molecular flexibility index (Phi) is 6.49. The standard InChI is InChI=1S/C21H22F3N5O3/c1-12-6-7-25-17(8-12)27-18(30)10-28(3)13(2)20(32)29-11-19(31)26-15-9-14(21(22,23)24)4-5-16(15)29/h4-9,13H,10-11H2,1-3H3,(H,26,31)(H,25,27,30). The predicted octanol–water partition coefficient (Wildman–Crippen LogP) is 2.65. The van der Waals surface area contributed by atoms with Gasteiger partial charge in [0.1, 0.15) is 12.4 Å². The first-order chi connectivity index (χ1) is 15.0. The van der Waals surface area contributed by atoms with Gasteiger partial charge in [0.25, 0.3) is 0 Å². The lowest BCUT2D eigenvalue weighted by Crippen LogP contribution is -2.51. The highest BCUT2D eigenvalue weighted by Crippen LogP contribution is 2.37. The molecule has 1 aromatic carbocycles. The molecule has 0 saturated carbocycles. The molecule has 0 spiro atoms. The maximum absolute atomic E-state index is 13.1. The van der Waals surface area contributed by atoms with Gasteiger partial charge in [-0.3, -0.25) is 24.2 Å². The summed E-state index contributed by atoms with van der Waals surface area (Å²) >= 11 is 0. The second-order valence-corrected chi connectivity index (χ2v) is 7.56. The second kappa shape index (κ2) is 8.95. The number of likely N-dealkylation sites (N-methyl/N-ethyl adjacent to an activating group) is 1. The summed E-state index contributed by atoms with van der Waals surface area (Å²) in [6.07, 6.45) is -3.02. The lowest BCUT2D eigenvalue weighted by atomic mass is 10.1. The molecule has 11 heteroatoms. The molecule has 1 atom stereocenters. The zero-order chi connectivity index (χ0) is 23.6. The molecule has 32 heavy (non-hydrogen) atoms. The maximum atomic E-state index is 13.1. The van der Waals surface area contributed by atoms with E-state index >= 15 is 0 Å². The van der Waals surface area contributed by atoms with E-state index in [0.29, 0.717) is 5.82 Å². The molecule has 2 N–H and O–H groups in total. The molecule has 0 bridgehead atoms. The van der Waals surface area contributed by atoms with Gasteiger partial charge in [-0.2, -0.15) is 13.2 Å². The van der Waals surface area contributed by atoms with Crippen molar-refractivity contribution in [3.8, 4) is 0 Å². The third kappa shape index (κ3) is 5.22. The van der Waals surface area contributed by atoms with Crippen LogP contribution in [0.4, 0.5) is 30.4 Å². The molecule has 1 aliphatic heterocycles. The molecular weight excluding hydrogens is 427 g/mol. The van der Waals surface area contributed by atoms with Crippen molar-refractivity contribution in [2.75, 3.05) is 35.7 Å². The number of halogens is 3. The van der Waals surface area contributed by atoms with Crippen LogP contribution in [-0.4, -0.2) is 53.8 Å². The number of alkyl halides is 3. The maximum Gasteiger partial charge on any atom is 0.416 e. The van der Waals surface area contributed by atoms with Crippen LogP contribution in [0.2, 0.25) is 0 Å². The number of rotatable bonds is 5. The van der Waals surface area contributed by atoms with E-state index in [1.165, 1.54) is 4.90 Å². The number of anilines is 3. The number of benzene rings is 1. The van der Waals surface area contributed by atoms with Crippen LogP contribution in [0, 0.1) is 6.92 Å². The minimum atomic E-state index is -4.58. The van der Waals surface area contributed by atoms with Crippen molar-refractivity contribution in [1.82, 2.24) is 9.88 Å². The van der Waals surface area contributed by atoms with E-state index in [2.05, 4.69) is 15.6 Å². The Morgan fingerprint density at radius 1 is 1.28 bits per heavy atom. The third-order valence-electron chi connectivity index (χ3n) is 5.05. The minimum Gasteiger partial charge on any atom is -0.323 e. The molecule has 0 aliphatic carbocycles. The highest BCUT2D eigenvalue weighted by molar-refractivity contribution is 6.11. The molecule has 1 aromatic heterocycles. The number of fused-ring (bicyclic) bond motifs is 1. The van der Waals surface area contributed by atoms with Crippen LogP contribution in [0.1, 0.15) is 18.1 Å². The molecule has 0 radical (unpaired) electrons. The summed E-state index contributed by atoms with van der Waals surface area (Å²) in [5, 5.41) is 5.01. The summed E-state index contributed by atoms with van der Waals surface area (Å²) < 4.78 is 39.0. The highest BCUT2D eigenvalue weighted by Gasteiger charge is 2.35. The minimum absolute atomic E-state index is 0.0949. The number of aromatic nitrogens is 1. The van der Waals surface area contributed by atoms with Crippen LogP contribution in [0.25, 0.3) is 0 Å². The molecule has 0 saturated heterocycles. The van der Waals surface area contributed by atoms with E-state index in [0.717, 1.165) is 28.7 Å². The Balaban J connectivity index is 1.72. The number of hydrogen-bond donors (Lipinski definition) is 2. The molecule has 0 fully saturated rings. The zero-order valence-electron chi connectivity index (χ0n) is 17.7. The quantitative estimate of drug-likeness (QED) is 0.732. The van der Waals surface area contributed by atoms with E-state index in [-0.39, 0.29) is 24.5 Å². The van der Waals surface area contributed by atoms with Gasteiger partial charge in [-0.1, -0.05) is 0 Å². The van der Waals surface area contributed by atoms with Crippen LogP contribution in [0.3, 0.4) is 0 Å². The number of aryl methyl sites for hydroxylation is 1. The summed E-state index contributed by atoms with van der Waals surface area (Å²) in [7, 11) is 1.56. The average Bonchev–Trinajstić information content (AvgIpc) is 2.70. The van der Waals surface area contributed by atoms with Crippen molar-refractivity contribution in [3.05, 3.63) is 47.7 Å². The van der Waals surface area contributed by atoms with Gasteiger partial charge in [-0.05, 0) is 56.8 Å². The molecular formula is C21H22F3N5O3. The van der Waals surface area contributed by atoms with Gasteiger partial charge < -0.3 is 10.6 Å². The fraction of sp³-hybridized carbons (Fsp3) is 0.333. The molecule has 1 unspecified atom stereocenters. The van der Waals surface area contributed by atoms with Gasteiger partial charge >= 0.3 is 6.18 Å². The van der Waals surface area contributed by atoms with Crippen LogP contribution in [0.15, 0.2) is 36.5 Å². The summed E-state index contributed by atoms with van der Waals surface area (Å²) in [6, 6.07) is 5.46. The molecule has 3 amide bonds. The van der Waals surface area contributed by atoms with Gasteiger partial charge in [0.2, 0.25) is 17.7 Å².